The minimum absolute atomic E-state index is 0.0222. The van der Waals surface area contributed by atoms with E-state index in [1.807, 2.05) is 31.2 Å². The molecule has 2 aliphatic heterocycles. The van der Waals surface area contributed by atoms with Crippen LogP contribution < -0.4 is 19.1 Å². The zero-order valence-electron chi connectivity index (χ0n) is 29.6. The summed E-state index contributed by atoms with van der Waals surface area (Å²) >= 11 is 6.45. The van der Waals surface area contributed by atoms with Crippen molar-refractivity contribution in [3.63, 3.8) is 0 Å². The van der Waals surface area contributed by atoms with E-state index < -0.39 is 21.7 Å². The molecule has 6 atom stereocenters. The van der Waals surface area contributed by atoms with E-state index >= 15 is 0 Å². The second-order valence-corrected chi connectivity index (χ2v) is 17.0. The fraction of sp³-hybridized carbons (Fsp3) is 0.500. The van der Waals surface area contributed by atoms with E-state index in [9.17, 15) is 13.8 Å². The van der Waals surface area contributed by atoms with Gasteiger partial charge in [-0.25, -0.2) is 4.21 Å². The molecule has 0 unspecified atom stereocenters. The van der Waals surface area contributed by atoms with Crippen LogP contribution >= 0.6 is 11.6 Å². The lowest BCUT2D eigenvalue weighted by atomic mass is 9.68. The highest BCUT2D eigenvalue weighted by atomic mass is 35.5. The average Bonchev–Trinajstić information content (AvgIpc) is 3.40. The number of amides is 2. The van der Waals surface area contributed by atoms with Crippen LogP contribution in [0.1, 0.15) is 70.9 Å². The molecule has 0 radical (unpaired) electrons. The molecule has 0 saturated heterocycles. The van der Waals surface area contributed by atoms with Gasteiger partial charge in [-0.1, -0.05) is 36.7 Å². The van der Waals surface area contributed by atoms with E-state index in [4.69, 9.17) is 25.8 Å². The van der Waals surface area contributed by atoms with Gasteiger partial charge in [0.05, 0.1) is 31.3 Å². The van der Waals surface area contributed by atoms with Crippen molar-refractivity contribution in [2.75, 3.05) is 44.6 Å². The maximum atomic E-state index is 14.6. The zero-order chi connectivity index (χ0) is 35.9. The van der Waals surface area contributed by atoms with Crippen molar-refractivity contribution in [1.29, 1.82) is 0 Å². The van der Waals surface area contributed by atoms with Gasteiger partial charge in [0, 0.05) is 49.4 Å². The number of aryl methyl sites for hydroxylation is 2. The van der Waals surface area contributed by atoms with E-state index in [1.54, 1.807) is 20.2 Å². The van der Waals surface area contributed by atoms with E-state index in [0.717, 1.165) is 49.4 Å². The Labute approximate surface area is 305 Å². The summed E-state index contributed by atoms with van der Waals surface area (Å²) in [5.41, 5.74) is 3.43. The molecular formula is C38H46ClN5O6S. The first-order valence-electron chi connectivity index (χ1n) is 17.7. The lowest BCUT2D eigenvalue weighted by molar-refractivity contribution is -0.0141. The lowest BCUT2D eigenvalue weighted by Crippen LogP contribution is -2.49. The van der Waals surface area contributed by atoms with Crippen LogP contribution in [-0.4, -0.2) is 71.6 Å². The molecule has 2 bridgehead atoms. The third-order valence-corrected chi connectivity index (χ3v) is 13.2. The van der Waals surface area contributed by atoms with Crippen molar-refractivity contribution in [3.8, 4) is 11.6 Å². The summed E-state index contributed by atoms with van der Waals surface area (Å²) in [7, 11) is 1.22. The number of nitrogens with one attached hydrogen (secondary N) is 1. The van der Waals surface area contributed by atoms with Gasteiger partial charge in [0.25, 0.3) is 11.8 Å². The smallest absolute Gasteiger partial charge is 0.286 e. The standard InChI is InChI=1S/C38H46ClN5O6S/c1-24-7-5-9-33(48-3)29-13-10-27(29)19-44-22-38(16-6-8-25-17-28(39)12-14-31(25)38)23-50-34-15-11-26(18-32(34)44)35(45)41-51(47,21-24)42-36(46)30-20-43(2)40-37(30)49-4/h5,7,11-12,14-15,17-18,20,24,27,29,33H,6,8-10,13,16,19,21-23H2,1-4H3,(H,41,42,45,46,47)/b7-5-/t24-,27-,29+,33-,38-,51-/m0/s1. The topological polar surface area (TPSA) is 124 Å². The monoisotopic (exact) mass is 735 g/mol. The molecule has 1 N–H and O–H groups in total. The minimum atomic E-state index is -3.61. The molecule has 2 amide bonds. The number of carbonyl (C=O) groups is 2. The average molecular weight is 736 g/mol. The van der Waals surface area contributed by atoms with Gasteiger partial charge >= 0.3 is 0 Å². The number of allylic oxidation sites excluding steroid dienone is 1. The number of aromatic nitrogens is 2. The fourth-order valence-electron chi connectivity index (χ4n) is 8.41. The number of nitrogens with zero attached hydrogens (tertiary/aromatic N) is 4. The number of methoxy groups -OCH3 is 2. The van der Waals surface area contributed by atoms with Crippen LogP contribution in [0.2, 0.25) is 5.02 Å². The third-order valence-electron chi connectivity index (χ3n) is 11.0. The summed E-state index contributed by atoms with van der Waals surface area (Å²) in [4.78, 5) is 29.9. The number of carbonyl (C=O) groups excluding carboxylic acids is 2. The molecule has 272 valence electrons. The molecule has 2 aliphatic carbocycles. The Morgan fingerprint density at radius 3 is 2.78 bits per heavy atom. The second-order valence-electron chi connectivity index (χ2n) is 14.6. The van der Waals surface area contributed by atoms with Crippen LogP contribution in [0, 0.1) is 17.8 Å². The number of fused-ring (bicyclic) bond motifs is 4. The number of anilines is 1. The van der Waals surface area contributed by atoms with Crippen molar-refractivity contribution >= 4 is 39.0 Å². The summed E-state index contributed by atoms with van der Waals surface area (Å²) < 4.78 is 40.8. The molecule has 1 saturated carbocycles. The van der Waals surface area contributed by atoms with Crippen molar-refractivity contribution in [2.45, 2.75) is 57.0 Å². The maximum absolute atomic E-state index is 14.6. The van der Waals surface area contributed by atoms with Gasteiger partial charge in [0.15, 0.2) is 0 Å². The summed E-state index contributed by atoms with van der Waals surface area (Å²) in [5.74, 6) is -0.177. The number of benzene rings is 2. The molecule has 51 heavy (non-hydrogen) atoms. The van der Waals surface area contributed by atoms with Gasteiger partial charge in [-0.2, -0.15) is 0 Å². The van der Waals surface area contributed by atoms with Crippen LogP contribution in [0.3, 0.4) is 0 Å². The molecular weight excluding hydrogens is 690 g/mol. The second kappa shape index (κ2) is 14.3. The Hall–Kier alpha value is -3.87. The van der Waals surface area contributed by atoms with Gasteiger partial charge in [-0.3, -0.25) is 19.0 Å². The Balaban J connectivity index is 1.31. The quantitative estimate of drug-likeness (QED) is 0.317. The van der Waals surface area contributed by atoms with Gasteiger partial charge in [-0.05, 0) is 97.7 Å². The highest BCUT2D eigenvalue weighted by Crippen LogP contribution is 2.47. The highest BCUT2D eigenvalue weighted by molar-refractivity contribution is 7.92. The summed E-state index contributed by atoms with van der Waals surface area (Å²) in [6.45, 7) is 3.88. The molecule has 1 aromatic heterocycles. The van der Waals surface area contributed by atoms with Crippen LogP contribution in [0.5, 0.6) is 11.6 Å². The molecule has 1 spiro atoms. The van der Waals surface area contributed by atoms with Gasteiger partial charge in [0.1, 0.15) is 21.2 Å². The predicted molar refractivity (Wildman–Crippen MR) is 197 cm³/mol. The van der Waals surface area contributed by atoms with E-state index in [0.29, 0.717) is 37.2 Å². The minimum Gasteiger partial charge on any atom is -0.490 e. The van der Waals surface area contributed by atoms with Crippen molar-refractivity contribution in [2.24, 2.45) is 29.2 Å². The number of rotatable bonds is 4. The molecule has 3 heterocycles. The number of hydrogen-bond acceptors (Lipinski definition) is 8. The van der Waals surface area contributed by atoms with Gasteiger partial charge in [-0.15, -0.1) is 9.46 Å². The summed E-state index contributed by atoms with van der Waals surface area (Å²) in [6.07, 6.45) is 11.4. The van der Waals surface area contributed by atoms with Crippen LogP contribution in [0.4, 0.5) is 5.69 Å². The number of ether oxygens (including phenoxy) is 3. The summed E-state index contributed by atoms with van der Waals surface area (Å²) in [6, 6.07) is 11.5. The third kappa shape index (κ3) is 7.15. The van der Waals surface area contributed by atoms with Crippen LogP contribution in [0.15, 0.2) is 59.1 Å². The number of halogens is 1. The van der Waals surface area contributed by atoms with Crippen LogP contribution in [0.25, 0.3) is 0 Å². The highest BCUT2D eigenvalue weighted by Gasteiger charge is 2.44. The lowest BCUT2D eigenvalue weighted by Gasteiger charge is -2.46. The molecule has 11 nitrogen and oxygen atoms in total. The van der Waals surface area contributed by atoms with E-state index in [1.165, 1.54) is 29.1 Å². The molecule has 2 aromatic carbocycles. The molecule has 4 aliphatic rings. The zero-order valence-corrected chi connectivity index (χ0v) is 31.2. The normalized spacial score (nSPS) is 29.7. The Morgan fingerprint density at radius 1 is 1.18 bits per heavy atom. The SMILES string of the molecule is COc1nn(C)cc1C(=O)N[S@@]1(=O)=NC(=O)c2ccc3c(c2)N(C[C@@H]2CC[C@H]2[C@@H](OC)C/C=C\[C@H](C)C1)C[C@@]1(CCCc2cc(Cl)ccc21)CO3. The Kier molecular flexibility index (Phi) is 9.94. The first kappa shape index (κ1) is 35.5. The van der Waals surface area contributed by atoms with Crippen LogP contribution in [-0.2, 0) is 33.5 Å². The molecule has 7 rings (SSSR count). The molecule has 3 aromatic rings. The van der Waals surface area contributed by atoms with E-state index in [-0.39, 0.29) is 40.2 Å². The molecule has 1 fully saturated rings. The molecule has 13 heteroatoms. The van der Waals surface area contributed by atoms with Crippen molar-refractivity contribution < 1.29 is 28.0 Å². The Bertz CT molecular complexity index is 1990. The first-order valence-corrected chi connectivity index (χ1v) is 19.7. The van der Waals surface area contributed by atoms with Crippen molar-refractivity contribution in [3.05, 3.63) is 82.0 Å². The first-order chi connectivity index (χ1) is 24.5. The number of hydrogen-bond donors (Lipinski definition) is 1. The van der Waals surface area contributed by atoms with E-state index in [2.05, 4.69) is 37.3 Å². The van der Waals surface area contributed by atoms with Gasteiger partial charge in [0.2, 0.25) is 5.88 Å². The summed E-state index contributed by atoms with van der Waals surface area (Å²) in [5, 5.41) is 4.88. The van der Waals surface area contributed by atoms with Crippen molar-refractivity contribution in [1.82, 2.24) is 14.5 Å². The van der Waals surface area contributed by atoms with Gasteiger partial charge < -0.3 is 19.1 Å². The largest absolute Gasteiger partial charge is 0.490 e. The Morgan fingerprint density at radius 2 is 2.02 bits per heavy atom. The predicted octanol–water partition coefficient (Wildman–Crippen LogP) is 6.15. The maximum Gasteiger partial charge on any atom is 0.286 e. The fourth-order valence-corrected chi connectivity index (χ4v) is 10.4.